The second kappa shape index (κ2) is 46.9. The van der Waals surface area contributed by atoms with Crippen LogP contribution in [0.5, 0.6) is 0 Å². The van der Waals surface area contributed by atoms with Crippen molar-refractivity contribution < 1.29 is 38.0 Å². The van der Waals surface area contributed by atoms with Crippen LogP contribution in [0.25, 0.3) is 0 Å². The van der Waals surface area contributed by atoms with E-state index in [-0.39, 0.29) is 18.9 Å². The average molecular weight is 943 g/mol. The van der Waals surface area contributed by atoms with Crippen LogP contribution in [-0.2, 0) is 18.4 Å². The molecule has 0 rings (SSSR count). The monoisotopic (exact) mass is 943 g/mol. The van der Waals surface area contributed by atoms with E-state index in [1.807, 2.05) is 21.1 Å². The van der Waals surface area contributed by atoms with Gasteiger partial charge >= 0.3 is 0 Å². The fraction of sp³-hybridized carbons (Fsp3) is 0.945. The van der Waals surface area contributed by atoms with Gasteiger partial charge in [0, 0.05) is 6.42 Å². The van der Waals surface area contributed by atoms with Gasteiger partial charge < -0.3 is 34.0 Å². The molecule has 0 aliphatic rings. The molecule has 0 fully saturated rings. The zero-order valence-corrected chi connectivity index (χ0v) is 44.7. The highest BCUT2D eigenvalue weighted by Crippen LogP contribution is 2.38. The molecule has 0 heterocycles. The summed E-state index contributed by atoms with van der Waals surface area (Å²) in [6.07, 6.45) is 52.7. The number of phosphoric ester groups is 1. The maximum Gasteiger partial charge on any atom is 0.268 e. The number of aliphatic hydroxyl groups excluding tert-OH is 2. The molecule has 1 amide bonds. The first-order valence-electron chi connectivity index (χ1n) is 28.1. The van der Waals surface area contributed by atoms with Gasteiger partial charge in [-0.05, 0) is 38.5 Å². The van der Waals surface area contributed by atoms with Crippen LogP contribution in [0, 0.1) is 0 Å². The Labute approximate surface area is 404 Å². The van der Waals surface area contributed by atoms with Crippen molar-refractivity contribution in [2.24, 2.45) is 0 Å². The Balaban J connectivity index is 4.12. The molecule has 0 spiro atoms. The lowest BCUT2D eigenvalue weighted by atomic mass is 9.99. The molecule has 0 aliphatic carbocycles. The van der Waals surface area contributed by atoms with Gasteiger partial charge in [0.2, 0.25) is 5.91 Å². The van der Waals surface area contributed by atoms with Crippen LogP contribution in [0.2, 0.25) is 0 Å². The molecule has 9 nitrogen and oxygen atoms in total. The number of nitrogens with one attached hydrogen (secondary N) is 1. The van der Waals surface area contributed by atoms with Crippen LogP contribution in [-0.4, -0.2) is 79.8 Å². The molecule has 0 radical (unpaired) electrons. The standard InChI is InChI=1S/C55H111N2O7P/c1-6-8-10-12-14-16-18-20-21-22-23-24-25-26-27-28-29-30-31-32-33-34-35-36-38-40-42-44-46-48-54(59)56-52(51-64-65(61,62)63-50-49-57(3,4)5)55(60)53(58)47-45-43-41-39-37-19-17-15-13-11-9-7-2/h22-23,52-53,55,58,60H,6-21,24-51H2,1-5H3,(H-,56,59,61,62)/b23-22-. The number of unbranched alkanes of at least 4 members (excludes halogenated alkanes) is 36. The first-order valence-corrected chi connectivity index (χ1v) is 29.6. The van der Waals surface area contributed by atoms with Crippen LogP contribution in [0.4, 0.5) is 0 Å². The molecule has 0 aromatic carbocycles. The number of hydrogen-bond acceptors (Lipinski definition) is 7. The maximum atomic E-state index is 13.0. The van der Waals surface area contributed by atoms with Gasteiger partial charge in [-0.25, -0.2) is 0 Å². The minimum Gasteiger partial charge on any atom is -0.756 e. The molecular formula is C55H111N2O7P. The average Bonchev–Trinajstić information content (AvgIpc) is 3.26. The first-order chi connectivity index (χ1) is 31.4. The molecule has 0 bridgehead atoms. The van der Waals surface area contributed by atoms with Crippen molar-refractivity contribution in [2.45, 2.75) is 295 Å². The van der Waals surface area contributed by atoms with Crippen molar-refractivity contribution in [1.29, 1.82) is 0 Å². The van der Waals surface area contributed by atoms with Crippen molar-refractivity contribution in [1.82, 2.24) is 5.32 Å². The van der Waals surface area contributed by atoms with Crippen LogP contribution in [0.1, 0.15) is 277 Å². The molecule has 65 heavy (non-hydrogen) atoms. The number of rotatable bonds is 52. The Kier molecular flexibility index (Phi) is 46.3. The number of quaternary nitrogens is 1. The lowest BCUT2D eigenvalue weighted by Crippen LogP contribution is -2.51. The molecule has 4 unspecified atom stereocenters. The summed E-state index contributed by atoms with van der Waals surface area (Å²) in [6, 6.07) is -1.07. The van der Waals surface area contributed by atoms with Crippen LogP contribution >= 0.6 is 7.82 Å². The quantitative estimate of drug-likeness (QED) is 0.0240. The zero-order chi connectivity index (χ0) is 48.0. The van der Waals surface area contributed by atoms with Gasteiger partial charge in [-0.1, -0.05) is 244 Å². The lowest BCUT2D eigenvalue weighted by molar-refractivity contribution is -0.870. The third-order valence-electron chi connectivity index (χ3n) is 13.1. The van der Waals surface area contributed by atoms with E-state index in [9.17, 15) is 24.5 Å². The van der Waals surface area contributed by atoms with Gasteiger partial charge in [-0.2, -0.15) is 0 Å². The lowest BCUT2D eigenvalue weighted by Gasteiger charge is -2.31. The summed E-state index contributed by atoms with van der Waals surface area (Å²) in [5.41, 5.74) is 0. The Morgan fingerprint density at radius 1 is 0.538 bits per heavy atom. The molecule has 388 valence electrons. The normalized spacial score (nSPS) is 14.5. The van der Waals surface area contributed by atoms with E-state index < -0.39 is 32.7 Å². The van der Waals surface area contributed by atoms with Crippen LogP contribution in [0.3, 0.4) is 0 Å². The number of amides is 1. The van der Waals surface area contributed by atoms with Crippen molar-refractivity contribution in [2.75, 3.05) is 40.9 Å². The zero-order valence-electron chi connectivity index (χ0n) is 43.8. The van der Waals surface area contributed by atoms with Gasteiger partial charge in [0.1, 0.15) is 19.3 Å². The minimum absolute atomic E-state index is 0.0378. The number of likely N-dealkylation sites (N-methyl/N-ethyl adjacent to an activating group) is 1. The van der Waals surface area contributed by atoms with Crippen molar-refractivity contribution >= 4 is 13.7 Å². The number of aliphatic hydroxyl groups is 2. The van der Waals surface area contributed by atoms with E-state index in [4.69, 9.17) is 9.05 Å². The van der Waals surface area contributed by atoms with Gasteiger partial charge in [0.25, 0.3) is 7.82 Å². The Bertz CT molecular complexity index is 1090. The third kappa shape index (κ3) is 48.0. The number of phosphoric acid groups is 1. The molecule has 3 N–H and O–H groups in total. The third-order valence-corrected chi connectivity index (χ3v) is 14.1. The van der Waals surface area contributed by atoms with Crippen molar-refractivity contribution in [3.63, 3.8) is 0 Å². The summed E-state index contributed by atoms with van der Waals surface area (Å²) in [7, 11) is 1.14. The topological polar surface area (TPSA) is 128 Å². The minimum atomic E-state index is -4.67. The van der Waals surface area contributed by atoms with E-state index in [1.165, 1.54) is 212 Å². The van der Waals surface area contributed by atoms with E-state index in [2.05, 4.69) is 31.3 Å². The summed E-state index contributed by atoms with van der Waals surface area (Å²) >= 11 is 0. The number of hydrogen-bond donors (Lipinski definition) is 3. The second-order valence-electron chi connectivity index (χ2n) is 20.8. The van der Waals surface area contributed by atoms with E-state index in [0.29, 0.717) is 17.4 Å². The summed E-state index contributed by atoms with van der Waals surface area (Å²) in [5, 5.41) is 24.7. The Morgan fingerprint density at radius 3 is 1.25 bits per heavy atom. The molecule has 0 saturated heterocycles. The number of carbonyl (C=O) groups is 1. The number of allylic oxidation sites excluding steroid dienone is 2. The fourth-order valence-electron chi connectivity index (χ4n) is 8.60. The van der Waals surface area contributed by atoms with Crippen molar-refractivity contribution in [3.05, 3.63) is 12.2 Å². The molecule has 10 heteroatoms. The van der Waals surface area contributed by atoms with E-state index in [1.54, 1.807) is 0 Å². The highest BCUT2D eigenvalue weighted by atomic mass is 31.2. The molecular weight excluding hydrogens is 832 g/mol. The predicted octanol–water partition coefficient (Wildman–Crippen LogP) is 15.0. The van der Waals surface area contributed by atoms with Gasteiger partial charge in [-0.3, -0.25) is 9.36 Å². The van der Waals surface area contributed by atoms with E-state index in [0.717, 1.165) is 38.5 Å². The van der Waals surface area contributed by atoms with Crippen LogP contribution in [0.15, 0.2) is 12.2 Å². The van der Waals surface area contributed by atoms with E-state index >= 15 is 0 Å². The van der Waals surface area contributed by atoms with Gasteiger partial charge in [0.05, 0.1) is 39.9 Å². The molecule has 0 aromatic rings. The molecule has 0 aromatic heterocycles. The summed E-state index contributed by atoms with van der Waals surface area (Å²) in [4.78, 5) is 25.5. The second-order valence-corrected chi connectivity index (χ2v) is 22.2. The molecule has 0 aliphatic heterocycles. The highest BCUT2D eigenvalue weighted by molar-refractivity contribution is 7.45. The maximum absolute atomic E-state index is 13.0. The molecule has 4 atom stereocenters. The highest BCUT2D eigenvalue weighted by Gasteiger charge is 2.29. The van der Waals surface area contributed by atoms with Gasteiger partial charge in [-0.15, -0.1) is 0 Å². The summed E-state index contributed by atoms with van der Waals surface area (Å²) < 4.78 is 23.2. The largest absolute Gasteiger partial charge is 0.756 e. The predicted molar refractivity (Wildman–Crippen MR) is 276 cm³/mol. The number of nitrogens with zero attached hydrogens (tertiary/aromatic N) is 1. The van der Waals surface area contributed by atoms with Crippen LogP contribution < -0.4 is 10.2 Å². The summed E-state index contributed by atoms with van der Waals surface area (Å²) in [5.74, 6) is -0.274. The Morgan fingerprint density at radius 2 is 0.877 bits per heavy atom. The van der Waals surface area contributed by atoms with Crippen molar-refractivity contribution in [3.8, 4) is 0 Å². The SMILES string of the molecule is CCCCCCCCCC/C=C\CCCCCCCCCCCCCCCCCCCC(=O)NC(COP(=O)([O-])OCC[N+](C)(C)C)C(O)C(O)CCCCCCCCCCCCCC. The van der Waals surface area contributed by atoms with Gasteiger partial charge in [0.15, 0.2) is 0 Å². The molecule has 0 saturated carbocycles. The fourth-order valence-corrected chi connectivity index (χ4v) is 9.33. The Hall–Kier alpha value is -0.800. The summed E-state index contributed by atoms with van der Waals surface area (Å²) in [6.45, 7) is 4.47. The number of carbonyl (C=O) groups excluding carboxylic acids is 1. The smallest absolute Gasteiger partial charge is 0.268 e. The first kappa shape index (κ1) is 64.2.